The van der Waals surface area contributed by atoms with E-state index in [1.165, 1.54) is 104 Å². The van der Waals surface area contributed by atoms with Gasteiger partial charge in [-0.25, -0.2) is 0 Å². The molecule has 0 aliphatic heterocycles. The fraction of sp³-hybridized carbons (Fsp3) is 0.929. The first kappa shape index (κ1) is 40.4. The van der Waals surface area contributed by atoms with E-state index in [1.54, 1.807) is 0 Å². The maximum absolute atomic E-state index is 11.5. The summed E-state index contributed by atoms with van der Waals surface area (Å²) in [6, 6.07) is 0. The van der Waals surface area contributed by atoms with Gasteiger partial charge in [-0.05, 0) is 25.7 Å². The summed E-state index contributed by atoms with van der Waals surface area (Å²) >= 11 is 0. The van der Waals surface area contributed by atoms with E-state index >= 15 is 0 Å². The molecule has 0 heterocycles. The predicted octanol–water partition coefficient (Wildman–Crippen LogP) is 2.16. The molecular formula is C28H56Na2O5. The van der Waals surface area contributed by atoms with Crippen LogP contribution in [-0.2, 0) is 23.8 Å². The predicted molar refractivity (Wildman–Crippen MR) is 139 cm³/mol. The van der Waals surface area contributed by atoms with Crippen LogP contribution in [-0.4, -0.2) is 37.4 Å². The van der Waals surface area contributed by atoms with Gasteiger partial charge in [0, 0.05) is 13.8 Å². The molecule has 0 aromatic carbocycles. The number of carbonyl (C=O) groups is 2. The van der Waals surface area contributed by atoms with Crippen molar-refractivity contribution in [3.8, 4) is 0 Å². The number of hydrogen-bond donors (Lipinski definition) is 0. The Hall–Kier alpha value is 0.900. The monoisotopic (exact) mass is 518 g/mol. The molecule has 200 valence electrons. The third-order valence-corrected chi connectivity index (χ3v) is 6.03. The van der Waals surface area contributed by atoms with Gasteiger partial charge in [-0.15, -0.1) is 0 Å². The molecule has 2 unspecified atom stereocenters. The summed E-state index contributed by atoms with van der Waals surface area (Å²) in [5.41, 5.74) is 0. The Labute approximate surface area is 264 Å². The summed E-state index contributed by atoms with van der Waals surface area (Å²) in [5.74, 6) is -0.530. The molecule has 0 N–H and O–H groups in total. The standard InChI is InChI=1S/C28H54O5.2Na.2H/c1-5-7-9-11-13-15-17-19-21-27(32-25(3)29)23-31-24-28(33-26(4)30)22-20-18-16-14-12-10-8-6-2;;;;/h27-28H,5-24H2,1-4H3;;;;/q;2*+1;2*-1. The van der Waals surface area contributed by atoms with E-state index in [1.807, 2.05) is 0 Å². The second-order valence-corrected chi connectivity index (χ2v) is 9.53. The zero-order valence-corrected chi connectivity index (χ0v) is 28.3. The van der Waals surface area contributed by atoms with Crippen molar-refractivity contribution in [2.45, 2.75) is 155 Å². The molecule has 0 aliphatic rings. The second-order valence-electron chi connectivity index (χ2n) is 9.53. The van der Waals surface area contributed by atoms with Crippen molar-refractivity contribution in [3.05, 3.63) is 0 Å². The van der Waals surface area contributed by atoms with Gasteiger partial charge in [-0.2, -0.15) is 0 Å². The van der Waals surface area contributed by atoms with Gasteiger partial charge in [-0.3, -0.25) is 9.59 Å². The Morgan fingerprint density at radius 3 is 1.11 bits per heavy atom. The number of carbonyl (C=O) groups excluding carboxylic acids is 2. The summed E-state index contributed by atoms with van der Waals surface area (Å²) in [7, 11) is 0. The minimum absolute atomic E-state index is 0. The maximum atomic E-state index is 11.5. The molecule has 0 saturated heterocycles. The van der Waals surface area contributed by atoms with Gasteiger partial charge < -0.3 is 17.1 Å². The molecule has 0 spiro atoms. The second kappa shape index (κ2) is 31.1. The van der Waals surface area contributed by atoms with Crippen molar-refractivity contribution < 1.29 is 85.8 Å². The van der Waals surface area contributed by atoms with Crippen LogP contribution in [0.5, 0.6) is 0 Å². The van der Waals surface area contributed by atoms with E-state index < -0.39 is 0 Å². The van der Waals surface area contributed by atoms with Crippen LogP contribution in [0.2, 0.25) is 0 Å². The van der Waals surface area contributed by atoms with Crippen molar-refractivity contribution in [2.75, 3.05) is 13.2 Å². The van der Waals surface area contributed by atoms with E-state index in [0.717, 1.165) is 25.7 Å². The molecule has 7 heteroatoms. The Balaban J connectivity index is -0.000000853. The Morgan fingerprint density at radius 1 is 0.543 bits per heavy atom. The smallest absolute Gasteiger partial charge is 1.00 e. The SMILES string of the molecule is CCCCCCCCCCC(COCC(CCCCCCCCCC)OC(C)=O)OC(C)=O.[H-].[H-].[Na+].[Na+]. The minimum atomic E-state index is -0.265. The summed E-state index contributed by atoms with van der Waals surface area (Å²) in [6.07, 6.45) is 21.2. The summed E-state index contributed by atoms with van der Waals surface area (Å²) in [5, 5.41) is 0. The molecule has 0 aromatic heterocycles. The zero-order valence-electron chi connectivity index (χ0n) is 26.3. The van der Waals surface area contributed by atoms with Crippen LogP contribution < -0.4 is 59.1 Å². The molecule has 0 bridgehead atoms. The first-order valence-corrected chi connectivity index (χ1v) is 13.9. The molecule has 0 saturated carbocycles. The van der Waals surface area contributed by atoms with Gasteiger partial charge in [0.1, 0.15) is 12.2 Å². The molecule has 0 radical (unpaired) electrons. The number of rotatable bonds is 24. The Morgan fingerprint density at radius 2 is 0.829 bits per heavy atom. The van der Waals surface area contributed by atoms with Crippen molar-refractivity contribution in [3.63, 3.8) is 0 Å². The normalized spacial score (nSPS) is 12.2. The van der Waals surface area contributed by atoms with Crippen LogP contribution in [0, 0.1) is 0 Å². The largest absolute Gasteiger partial charge is 1.00 e. The van der Waals surface area contributed by atoms with Gasteiger partial charge >= 0.3 is 71.1 Å². The van der Waals surface area contributed by atoms with Gasteiger partial charge in [0.15, 0.2) is 0 Å². The molecule has 35 heavy (non-hydrogen) atoms. The fourth-order valence-electron chi connectivity index (χ4n) is 4.16. The molecule has 5 nitrogen and oxygen atoms in total. The third-order valence-electron chi connectivity index (χ3n) is 6.03. The summed E-state index contributed by atoms with van der Waals surface area (Å²) in [6.45, 7) is 8.11. The molecule has 2 atom stereocenters. The van der Waals surface area contributed by atoms with Crippen molar-refractivity contribution >= 4 is 11.9 Å². The van der Waals surface area contributed by atoms with Crippen LogP contribution in [0.25, 0.3) is 0 Å². The molecule has 0 rings (SSSR count). The van der Waals surface area contributed by atoms with Crippen LogP contribution in [0.3, 0.4) is 0 Å². The molecule has 0 fully saturated rings. The van der Waals surface area contributed by atoms with Crippen molar-refractivity contribution in [2.24, 2.45) is 0 Å². The van der Waals surface area contributed by atoms with Gasteiger partial charge in [0.2, 0.25) is 0 Å². The Kier molecular flexibility index (Phi) is 35.9. The van der Waals surface area contributed by atoms with E-state index in [0.29, 0.717) is 13.2 Å². The molecule has 0 amide bonds. The molecule has 0 aromatic rings. The summed E-state index contributed by atoms with van der Waals surface area (Å²) < 4.78 is 16.8. The number of ether oxygens (including phenoxy) is 3. The fourth-order valence-corrected chi connectivity index (χ4v) is 4.16. The maximum Gasteiger partial charge on any atom is 1.00 e. The minimum Gasteiger partial charge on any atom is -1.00 e. The average molecular weight is 519 g/mol. The number of unbranched alkanes of at least 4 members (excludes halogenated alkanes) is 14. The number of hydrogen-bond acceptors (Lipinski definition) is 5. The zero-order chi connectivity index (χ0) is 24.6. The van der Waals surface area contributed by atoms with E-state index in [2.05, 4.69) is 13.8 Å². The quantitative estimate of drug-likeness (QED) is 0.111. The van der Waals surface area contributed by atoms with Crippen molar-refractivity contribution in [1.29, 1.82) is 0 Å². The van der Waals surface area contributed by atoms with Crippen LogP contribution in [0.15, 0.2) is 0 Å². The van der Waals surface area contributed by atoms with Gasteiger partial charge in [-0.1, -0.05) is 104 Å². The van der Waals surface area contributed by atoms with E-state index in [-0.39, 0.29) is 86.1 Å². The van der Waals surface area contributed by atoms with Crippen LogP contribution in [0.1, 0.15) is 146 Å². The van der Waals surface area contributed by atoms with Crippen LogP contribution >= 0.6 is 0 Å². The van der Waals surface area contributed by atoms with Crippen LogP contribution in [0.4, 0.5) is 0 Å². The first-order valence-electron chi connectivity index (χ1n) is 13.9. The first-order chi connectivity index (χ1) is 16.0. The third kappa shape index (κ3) is 31.0. The topological polar surface area (TPSA) is 61.8 Å². The average Bonchev–Trinajstić information content (AvgIpc) is 2.76. The molecular weight excluding hydrogens is 462 g/mol. The van der Waals surface area contributed by atoms with Gasteiger partial charge in [0.05, 0.1) is 13.2 Å². The van der Waals surface area contributed by atoms with Gasteiger partial charge in [0.25, 0.3) is 0 Å². The van der Waals surface area contributed by atoms with E-state index in [9.17, 15) is 9.59 Å². The Bertz CT molecular complexity index is 434. The van der Waals surface area contributed by atoms with Crippen molar-refractivity contribution in [1.82, 2.24) is 0 Å². The molecule has 0 aliphatic carbocycles. The van der Waals surface area contributed by atoms with E-state index in [4.69, 9.17) is 14.2 Å². The summed E-state index contributed by atoms with van der Waals surface area (Å²) in [4.78, 5) is 22.9. The number of esters is 2.